The van der Waals surface area contributed by atoms with E-state index < -0.39 is 5.97 Å². The van der Waals surface area contributed by atoms with Crippen LogP contribution in [0.2, 0.25) is 0 Å². The van der Waals surface area contributed by atoms with E-state index in [0.29, 0.717) is 5.56 Å². The van der Waals surface area contributed by atoms with E-state index in [1.807, 2.05) is 22.9 Å². The van der Waals surface area contributed by atoms with Crippen molar-refractivity contribution in [1.29, 1.82) is 0 Å². The Morgan fingerprint density at radius 1 is 1.24 bits per heavy atom. The molecule has 17 heavy (non-hydrogen) atoms. The predicted octanol–water partition coefficient (Wildman–Crippen LogP) is 2.11. The van der Waals surface area contributed by atoms with Crippen LogP contribution in [0.3, 0.4) is 0 Å². The second kappa shape index (κ2) is 5.01. The summed E-state index contributed by atoms with van der Waals surface area (Å²) >= 11 is 0. The number of hydrogen-bond donors (Lipinski definition) is 2. The van der Waals surface area contributed by atoms with Gasteiger partial charge in [0, 0.05) is 30.3 Å². The van der Waals surface area contributed by atoms with E-state index in [9.17, 15) is 4.79 Å². The zero-order chi connectivity index (χ0) is 12.3. The Labute approximate surface area is 99.1 Å². The van der Waals surface area contributed by atoms with Gasteiger partial charge in [-0.05, 0) is 31.0 Å². The third-order valence-corrected chi connectivity index (χ3v) is 2.85. The molecule has 1 aromatic carbocycles. The lowest BCUT2D eigenvalue weighted by Gasteiger charge is -2.05. The molecule has 0 spiro atoms. The molecule has 0 radical (unpaired) electrons. The largest absolute Gasteiger partial charge is 0.478 e. The molecule has 0 amide bonds. The van der Waals surface area contributed by atoms with E-state index in [4.69, 9.17) is 10.2 Å². The van der Waals surface area contributed by atoms with Crippen molar-refractivity contribution in [3.8, 4) is 0 Å². The van der Waals surface area contributed by atoms with E-state index >= 15 is 0 Å². The van der Waals surface area contributed by atoms with Gasteiger partial charge in [0.25, 0.3) is 0 Å². The topological polar surface area (TPSA) is 62.5 Å². The van der Waals surface area contributed by atoms with Gasteiger partial charge in [0.2, 0.25) is 0 Å². The van der Waals surface area contributed by atoms with Crippen LogP contribution in [0.15, 0.2) is 30.5 Å². The number of aliphatic hydroxyl groups excluding tert-OH is 1. The van der Waals surface area contributed by atoms with Gasteiger partial charge in [-0.15, -0.1) is 0 Å². The van der Waals surface area contributed by atoms with Crippen LogP contribution in [-0.2, 0) is 6.54 Å². The lowest BCUT2D eigenvalue weighted by Crippen LogP contribution is -1.99. The van der Waals surface area contributed by atoms with Crippen LogP contribution in [0.1, 0.15) is 23.2 Å². The quantitative estimate of drug-likeness (QED) is 0.777. The van der Waals surface area contributed by atoms with E-state index in [1.165, 1.54) is 0 Å². The monoisotopic (exact) mass is 233 g/mol. The number of hydrogen-bond acceptors (Lipinski definition) is 2. The van der Waals surface area contributed by atoms with Crippen LogP contribution in [-0.4, -0.2) is 27.4 Å². The lowest BCUT2D eigenvalue weighted by atomic mass is 10.1. The Morgan fingerprint density at radius 3 is 2.76 bits per heavy atom. The molecule has 0 aliphatic carbocycles. The van der Waals surface area contributed by atoms with Gasteiger partial charge in [0.1, 0.15) is 0 Å². The van der Waals surface area contributed by atoms with E-state index in [1.54, 1.807) is 12.1 Å². The maximum absolute atomic E-state index is 11.0. The Hall–Kier alpha value is -1.81. The zero-order valence-electron chi connectivity index (χ0n) is 9.47. The van der Waals surface area contributed by atoms with Crippen molar-refractivity contribution in [1.82, 2.24) is 4.57 Å². The van der Waals surface area contributed by atoms with E-state index in [2.05, 4.69) is 0 Å². The number of carboxylic acid groups (broad SMARTS) is 1. The lowest BCUT2D eigenvalue weighted by molar-refractivity contribution is 0.0699. The van der Waals surface area contributed by atoms with Crippen LogP contribution in [0.5, 0.6) is 0 Å². The standard InChI is InChI=1S/C13H15NO3/c15-9-2-1-7-14-8-6-10-11(13(16)17)4-3-5-12(10)14/h3-6,8,15H,1-2,7,9H2,(H,16,17). The number of aliphatic hydroxyl groups is 1. The molecule has 4 heteroatoms. The molecule has 2 N–H and O–H groups in total. The minimum absolute atomic E-state index is 0.194. The summed E-state index contributed by atoms with van der Waals surface area (Å²) in [5.41, 5.74) is 1.27. The molecule has 2 aromatic rings. The van der Waals surface area contributed by atoms with Gasteiger partial charge in [-0.25, -0.2) is 4.79 Å². The number of aromatic nitrogens is 1. The smallest absolute Gasteiger partial charge is 0.336 e. The first-order valence-electron chi connectivity index (χ1n) is 5.66. The highest BCUT2D eigenvalue weighted by atomic mass is 16.4. The van der Waals surface area contributed by atoms with E-state index in [-0.39, 0.29) is 6.61 Å². The number of aryl methyl sites for hydroxylation is 1. The van der Waals surface area contributed by atoms with Gasteiger partial charge in [-0.1, -0.05) is 6.07 Å². The van der Waals surface area contributed by atoms with Crippen molar-refractivity contribution in [3.05, 3.63) is 36.0 Å². The fourth-order valence-corrected chi connectivity index (χ4v) is 2.00. The molecule has 0 unspecified atom stereocenters. The number of aromatic carboxylic acids is 1. The van der Waals surface area contributed by atoms with Gasteiger partial charge in [-0.3, -0.25) is 0 Å². The van der Waals surface area contributed by atoms with Crippen molar-refractivity contribution in [2.24, 2.45) is 0 Å². The summed E-state index contributed by atoms with van der Waals surface area (Å²) < 4.78 is 2.03. The van der Waals surface area contributed by atoms with Crippen LogP contribution in [0.25, 0.3) is 10.9 Å². The third kappa shape index (κ3) is 2.31. The Bertz CT molecular complexity index is 530. The molecule has 0 aliphatic heterocycles. The number of rotatable bonds is 5. The summed E-state index contributed by atoms with van der Waals surface area (Å²) in [6.45, 7) is 0.993. The maximum atomic E-state index is 11.0. The highest BCUT2D eigenvalue weighted by molar-refractivity contribution is 6.02. The first kappa shape index (κ1) is 11.7. The van der Waals surface area contributed by atoms with Crippen molar-refractivity contribution < 1.29 is 15.0 Å². The van der Waals surface area contributed by atoms with Crippen molar-refractivity contribution in [2.75, 3.05) is 6.61 Å². The van der Waals surface area contributed by atoms with E-state index in [0.717, 1.165) is 30.3 Å². The molecule has 0 atom stereocenters. The molecule has 4 nitrogen and oxygen atoms in total. The molecule has 0 aliphatic rings. The van der Waals surface area contributed by atoms with Gasteiger partial charge in [-0.2, -0.15) is 0 Å². The molecule has 1 aromatic heterocycles. The number of unbranched alkanes of at least 4 members (excludes halogenated alkanes) is 1. The highest BCUT2D eigenvalue weighted by Crippen LogP contribution is 2.20. The van der Waals surface area contributed by atoms with Gasteiger partial charge < -0.3 is 14.8 Å². The molecule has 1 heterocycles. The van der Waals surface area contributed by atoms with Gasteiger partial charge in [0.15, 0.2) is 0 Å². The molecular formula is C13H15NO3. The molecule has 0 fully saturated rings. The minimum atomic E-state index is -0.899. The van der Waals surface area contributed by atoms with Crippen LogP contribution in [0.4, 0.5) is 0 Å². The summed E-state index contributed by atoms with van der Waals surface area (Å²) in [5.74, 6) is -0.899. The van der Waals surface area contributed by atoms with Crippen molar-refractivity contribution in [2.45, 2.75) is 19.4 Å². The third-order valence-electron chi connectivity index (χ3n) is 2.85. The number of carbonyl (C=O) groups is 1. The number of carboxylic acids is 1. The Balaban J connectivity index is 2.34. The predicted molar refractivity (Wildman–Crippen MR) is 65.2 cm³/mol. The average molecular weight is 233 g/mol. The minimum Gasteiger partial charge on any atom is -0.478 e. The highest BCUT2D eigenvalue weighted by Gasteiger charge is 2.10. The molecule has 0 bridgehead atoms. The average Bonchev–Trinajstić information content (AvgIpc) is 2.72. The summed E-state index contributed by atoms with van der Waals surface area (Å²) in [4.78, 5) is 11.0. The van der Waals surface area contributed by atoms with Crippen LogP contribution >= 0.6 is 0 Å². The molecule has 0 saturated carbocycles. The normalized spacial score (nSPS) is 10.9. The van der Waals surface area contributed by atoms with Gasteiger partial charge in [0.05, 0.1) is 5.56 Å². The van der Waals surface area contributed by atoms with Crippen LogP contribution in [0, 0.1) is 0 Å². The Kier molecular flexibility index (Phi) is 3.44. The summed E-state index contributed by atoms with van der Waals surface area (Å²) in [7, 11) is 0. The molecule has 2 rings (SSSR count). The molecule has 0 saturated heterocycles. The summed E-state index contributed by atoms with van der Waals surface area (Å²) in [6.07, 6.45) is 3.55. The first-order chi connectivity index (χ1) is 8.24. The molecular weight excluding hydrogens is 218 g/mol. The number of fused-ring (bicyclic) bond motifs is 1. The van der Waals surface area contributed by atoms with Gasteiger partial charge >= 0.3 is 5.97 Å². The van der Waals surface area contributed by atoms with Crippen LogP contribution < -0.4 is 0 Å². The fourth-order valence-electron chi connectivity index (χ4n) is 2.00. The Morgan fingerprint density at radius 2 is 2.06 bits per heavy atom. The number of nitrogens with zero attached hydrogens (tertiary/aromatic N) is 1. The van der Waals surface area contributed by atoms with Crippen molar-refractivity contribution >= 4 is 16.9 Å². The second-order valence-electron chi connectivity index (χ2n) is 3.98. The molecule has 90 valence electrons. The SMILES string of the molecule is O=C(O)c1cccc2c1ccn2CCCCO. The second-order valence-corrected chi connectivity index (χ2v) is 3.98. The number of benzene rings is 1. The van der Waals surface area contributed by atoms with Crippen molar-refractivity contribution in [3.63, 3.8) is 0 Å². The fraction of sp³-hybridized carbons (Fsp3) is 0.308. The first-order valence-corrected chi connectivity index (χ1v) is 5.66. The maximum Gasteiger partial charge on any atom is 0.336 e. The summed E-state index contributed by atoms with van der Waals surface area (Å²) in [5, 5.41) is 18.6. The summed E-state index contributed by atoms with van der Waals surface area (Å²) in [6, 6.07) is 7.12. The zero-order valence-corrected chi connectivity index (χ0v) is 9.47.